The number of hydrogen-bond acceptors (Lipinski definition) is 2. The Morgan fingerprint density at radius 2 is 1.94 bits per heavy atom. The van der Waals surface area contributed by atoms with Crippen molar-refractivity contribution in [2.45, 2.75) is 20.0 Å². The molecule has 2 nitrogen and oxygen atoms in total. The minimum absolute atomic E-state index is 0.793. The Morgan fingerprint density at radius 3 is 2.65 bits per heavy atom. The Hall–Kier alpha value is -1.19. The number of halogens is 1. The molecular weight excluding hydrogens is 276 g/mol. The minimum atomic E-state index is 0.793. The Bertz CT molecular complexity index is 480. The van der Waals surface area contributed by atoms with E-state index in [1.807, 2.05) is 25.3 Å². The van der Waals surface area contributed by atoms with Crippen molar-refractivity contribution in [2.24, 2.45) is 0 Å². The standard InChI is InChI=1S/C14H15BrN2/c1-11-6-7-13(17-8-11)10-16-9-12-4-2-3-5-14(12)15/h2-8,16H,9-10H2,1H3. The third-order valence-corrected chi connectivity index (χ3v) is 3.33. The van der Waals surface area contributed by atoms with E-state index in [1.165, 1.54) is 11.1 Å². The van der Waals surface area contributed by atoms with Crippen molar-refractivity contribution in [3.63, 3.8) is 0 Å². The summed E-state index contributed by atoms with van der Waals surface area (Å²) < 4.78 is 1.14. The molecule has 0 spiro atoms. The molecule has 1 aromatic heterocycles. The zero-order valence-electron chi connectivity index (χ0n) is 9.78. The second-order valence-corrected chi connectivity index (χ2v) is 4.88. The molecule has 0 unspecified atom stereocenters. The van der Waals surface area contributed by atoms with E-state index in [-0.39, 0.29) is 0 Å². The number of benzene rings is 1. The summed E-state index contributed by atoms with van der Waals surface area (Å²) in [4.78, 5) is 4.36. The first-order valence-corrected chi connectivity index (χ1v) is 6.40. The Balaban J connectivity index is 1.88. The highest BCUT2D eigenvalue weighted by molar-refractivity contribution is 9.10. The van der Waals surface area contributed by atoms with E-state index in [2.05, 4.69) is 50.5 Å². The van der Waals surface area contributed by atoms with Crippen LogP contribution in [0.3, 0.4) is 0 Å². The van der Waals surface area contributed by atoms with E-state index < -0.39 is 0 Å². The van der Waals surface area contributed by atoms with Crippen molar-refractivity contribution in [3.05, 3.63) is 63.9 Å². The second kappa shape index (κ2) is 5.94. The molecule has 2 aromatic rings. The molecule has 0 bridgehead atoms. The first-order chi connectivity index (χ1) is 8.25. The van der Waals surface area contributed by atoms with Gasteiger partial charge in [-0.2, -0.15) is 0 Å². The minimum Gasteiger partial charge on any atom is -0.307 e. The van der Waals surface area contributed by atoms with Gasteiger partial charge in [0, 0.05) is 23.8 Å². The Kier molecular flexibility index (Phi) is 4.29. The van der Waals surface area contributed by atoms with E-state index in [4.69, 9.17) is 0 Å². The van der Waals surface area contributed by atoms with E-state index in [0.29, 0.717) is 0 Å². The maximum absolute atomic E-state index is 4.36. The van der Waals surface area contributed by atoms with Crippen LogP contribution in [0.2, 0.25) is 0 Å². The summed E-state index contributed by atoms with van der Waals surface area (Å²) in [5, 5.41) is 3.39. The molecule has 0 saturated carbocycles. The van der Waals surface area contributed by atoms with Crippen LogP contribution in [-0.4, -0.2) is 4.98 Å². The SMILES string of the molecule is Cc1ccc(CNCc2ccccc2Br)nc1. The molecule has 0 fully saturated rings. The van der Waals surface area contributed by atoms with Gasteiger partial charge in [-0.15, -0.1) is 0 Å². The van der Waals surface area contributed by atoms with Gasteiger partial charge in [-0.05, 0) is 30.2 Å². The van der Waals surface area contributed by atoms with Crippen LogP contribution in [0.5, 0.6) is 0 Å². The van der Waals surface area contributed by atoms with Crippen LogP contribution in [-0.2, 0) is 13.1 Å². The van der Waals surface area contributed by atoms with Crippen LogP contribution in [0.25, 0.3) is 0 Å². The lowest BCUT2D eigenvalue weighted by atomic mass is 10.2. The van der Waals surface area contributed by atoms with Gasteiger partial charge in [0.25, 0.3) is 0 Å². The van der Waals surface area contributed by atoms with Crippen LogP contribution < -0.4 is 5.32 Å². The molecule has 88 valence electrons. The summed E-state index contributed by atoms with van der Waals surface area (Å²) in [6, 6.07) is 12.4. The maximum Gasteiger partial charge on any atom is 0.0541 e. The average molecular weight is 291 g/mol. The van der Waals surface area contributed by atoms with Gasteiger partial charge in [-0.25, -0.2) is 0 Å². The first kappa shape index (κ1) is 12.3. The molecule has 0 saturated heterocycles. The van der Waals surface area contributed by atoms with E-state index >= 15 is 0 Å². The number of aromatic nitrogens is 1. The van der Waals surface area contributed by atoms with Gasteiger partial charge in [-0.1, -0.05) is 40.2 Å². The molecule has 17 heavy (non-hydrogen) atoms. The maximum atomic E-state index is 4.36. The van der Waals surface area contributed by atoms with Crippen molar-refractivity contribution in [1.29, 1.82) is 0 Å². The second-order valence-electron chi connectivity index (χ2n) is 4.02. The number of pyridine rings is 1. The average Bonchev–Trinajstić information content (AvgIpc) is 2.34. The lowest BCUT2D eigenvalue weighted by molar-refractivity contribution is 0.678. The predicted molar refractivity (Wildman–Crippen MR) is 73.7 cm³/mol. The van der Waals surface area contributed by atoms with Gasteiger partial charge in [-0.3, -0.25) is 4.98 Å². The summed E-state index contributed by atoms with van der Waals surface area (Å²) >= 11 is 3.54. The normalized spacial score (nSPS) is 10.5. The smallest absolute Gasteiger partial charge is 0.0541 e. The largest absolute Gasteiger partial charge is 0.307 e. The van der Waals surface area contributed by atoms with Gasteiger partial charge in [0.2, 0.25) is 0 Å². The molecule has 0 aliphatic heterocycles. The molecule has 0 aliphatic carbocycles. The fraction of sp³-hybridized carbons (Fsp3) is 0.214. The number of nitrogens with one attached hydrogen (secondary N) is 1. The van der Waals surface area contributed by atoms with Crippen molar-refractivity contribution in [3.8, 4) is 0 Å². The predicted octanol–water partition coefficient (Wildman–Crippen LogP) is 3.44. The summed E-state index contributed by atoms with van der Waals surface area (Å²) in [6.07, 6.45) is 1.90. The lowest BCUT2D eigenvalue weighted by Crippen LogP contribution is -2.13. The summed E-state index contributed by atoms with van der Waals surface area (Å²) in [7, 11) is 0. The number of nitrogens with zero attached hydrogens (tertiary/aromatic N) is 1. The highest BCUT2D eigenvalue weighted by Gasteiger charge is 1.98. The van der Waals surface area contributed by atoms with Crippen LogP contribution in [0, 0.1) is 6.92 Å². The zero-order valence-corrected chi connectivity index (χ0v) is 11.4. The van der Waals surface area contributed by atoms with Crippen LogP contribution in [0.1, 0.15) is 16.8 Å². The molecule has 0 aliphatic rings. The van der Waals surface area contributed by atoms with Crippen LogP contribution in [0.15, 0.2) is 47.1 Å². The van der Waals surface area contributed by atoms with Crippen molar-refractivity contribution >= 4 is 15.9 Å². The fourth-order valence-corrected chi connectivity index (χ4v) is 1.99. The quantitative estimate of drug-likeness (QED) is 0.933. The first-order valence-electron chi connectivity index (χ1n) is 5.61. The summed E-state index contributed by atoms with van der Waals surface area (Å²) in [5.41, 5.74) is 3.53. The van der Waals surface area contributed by atoms with Gasteiger partial charge >= 0.3 is 0 Å². The van der Waals surface area contributed by atoms with Crippen molar-refractivity contribution < 1.29 is 0 Å². The molecule has 1 heterocycles. The van der Waals surface area contributed by atoms with E-state index in [9.17, 15) is 0 Å². The van der Waals surface area contributed by atoms with Crippen LogP contribution >= 0.6 is 15.9 Å². The van der Waals surface area contributed by atoms with Gasteiger partial charge in [0.15, 0.2) is 0 Å². The van der Waals surface area contributed by atoms with Gasteiger partial charge in [0.05, 0.1) is 5.69 Å². The van der Waals surface area contributed by atoms with E-state index in [1.54, 1.807) is 0 Å². The lowest BCUT2D eigenvalue weighted by Gasteiger charge is -2.06. The molecule has 0 atom stereocenters. The van der Waals surface area contributed by atoms with Crippen LogP contribution in [0.4, 0.5) is 0 Å². The molecular formula is C14H15BrN2. The fourth-order valence-electron chi connectivity index (χ4n) is 1.57. The highest BCUT2D eigenvalue weighted by atomic mass is 79.9. The topological polar surface area (TPSA) is 24.9 Å². The highest BCUT2D eigenvalue weighted by Crippen LogP contribution is 2.15. The third-order valence-electron chi connectivity index (χ3n) is 2.55. The Labute approximate surface area is 110 Å². The number of rotatable bonds is 4. The van der Waals surface area contributed by atoms with Gasteiger partial charge in [0.1, 0.15) is 0 Å². The van der Waals surface area contributed by atoms with Crippen molar-refractivity contribution in [2.75, 3.05) is 0 Å². The Morgan fingerprint density at radius 1 is 1.12 bits per heavy atom. The monoisotopic (exact) mass is 290 g/mol. The summed E-state index contributed by atoms with van der Waals surface area (Å²) in [5.74, 6) is 0. The molecule has 2 rings (SSSR count). The van der Waals surface area contributed by atoms with Crippen molar-refractivity contribution in [1.82, 2.24) is 10.3 Å². The van der Waals surface area contributed by atoms with E-state index in [0.717, 1.165) is 23.3 Å². The third kappa shape index (κ3) is 3.65. The molecule has 0 radical (unpaired) electrons. The van der Waals surface area contributed by atoms with Gasteiger partial charge < -0.3 is 5.32 Å². The molecule has 3 heteroatoms. The zero-order chi connectivity index (χ0) is 12.1. The summed E-state index contributed by atoms with van der Waals surface area (Å²) in [6.45, 7) is 3.68. The number of hydrogen-bond donors (Lipinski definition) is 1. The number of aryl methyl sites for hydroxylation is 1. The molecule has 0 amide bonds. The molecule has 1 aromatic carbocycles. The molecule has 1 N–H and O–H groups in total.